The Kier molecular flexibility index (Phi) is 7.35. The number of carboxylic acid groups (broad SMARTS) is 1. The third kappa shape index (κ3) is 7.89. The van der Waals surface area contributed by atoms with E-state index in [-0.39, 0.29) is 12.5 Å². The topological polar surface area (TPSA) is 78.9 Å². The van der Waals surface area contributed by atoms with Crippen molar-refractivity contribution in [2.75, 3.05) is 26.8 Å². The van der Waals surface area contributed by atoms with Gasteiger partial charge in [-0.2, -0.15) is 0 Å². The normalized spacial score (nSPS) is 11.1. The highest BCUT2D eigenvalue weighted by molar-refractivity contribution is 5.74. The van der Waals surface area contributed by atoms with Crippen LogP contribution >= 0.6 is 0 Å². The fraction of sp³-hybridized carbons (Fsp3) is 0.833. The zero-order valence-corrected chi connectivity index (χ0v) is 11.7. The zero-order valence-electron chi connectivity index (χ0n) is 11.7. The zero-order chi connectivity index (χ0) is 14.2. The van der Waals surface area contributed by atoms with E-state index in [1.165, 1.54) is 4.90 Å². The molecular weight excluding hydrogens is 236 g/mol. The lowest BCUT2D eigenvalue weighted by Gasteiger charge is -2.29. The number of carboxylic acids is 1. The first-order valence-corrected chi connectivity index (χ1v) is 6.11. The summed E-state index contributed by atoms with van der Waals surface area (Å²) in [6.45, 7) is 7.15. The highest BCUT2D eigenvalue weighted by Crippen LogP contribution is 2.11. The van der Waals surface area contributed by atoms with E-state index in [0.29, 0.717) is 26.2 Å². The Labute approximate surface area is 108 Å². The molecule has 18 heavy (non-hydrogen) atoms. The third-order valence-corrected chi connectivity index (χ3v) is 2.53. The number of aliphatic carboxylic acids is 1. The van der Waals surface area contributed by atoms with Crippen LogP contribution < -0.4 is 5.32 Å². The van der Waals surface area contributed by atoms with Gasteiger partial charge in [0.2, 0.25) is 0 Å². The van der Waals surface area contributed by atoms with E-state index in [9.17, 15) is 9.59 Å². The van der Waals surface area contributed by atoms with Gasteiger partial charge in [0.15, 0.2) is 0 Å². The Balaban J connectivity index is 4.07. The van der Waals surface area contributed by atoms with Crippen molar-refractivity contribution in [1.29, 1.82) is 0 Å². The predicted octanol–water partition coefficient (Wildman–Crippen LogP) is 1.31. The lowest BCUT2D eigenvalue weighted by Crippen LogP contribution is -2.49. The summed E-state index contributed by atoms with van der Waals surface area (Å²) in [5.74, 6) is -0.859. The number of likely N-dealkylation sites (N-methyl/N-ethyl adjacent to an activating group) is 1. The van der Waals surface area contributed by atoms with Gasteiger partial charge in [0, 0.05) is 32.2 Å². The van der Waals surface area contributed by atoms with E-state index in [1.54, 1.807) is 7.05 Å². The molecule has 0 aliphatic rings. The van der Waals surface area contributed by atoms with Crippen molar-refractivity contribution in [1.82, 2.24) is 10.2 Å². The van der Waals surface area contributed by atoms with Gasteiger partial charge in [-0.25, -0.2) is 4.79 Å². The molecular formula is C12H24N2O4. The molecule has 0 spiro atoms. The summed E-state index contributed by atoms with van der Waals surface area (Å²) in [6.07, 6.45) is 0.434. The van der Waals surface area contributed by atoms with E-state index in [1.807, 2.05) is 20.8 Å². The van der Waals surface area contributed by atoms with Crippen molar-refractivity contribution < 1.29 is 19.4 Å². The monoisotopic (exact) mass is 260 g/mol. The molecule has 0 fully saturated rings. The molecule has 0 aliphatic carbocycles. The highest BCUT2D eigenvalue weighted by atomic mass is 16.5. The van der Waals surface area contributed by atoms with Gasteiger partial charge in [0.25, 0.3) is 0 Å². The molecule has 0 unspecified atom stereocenters. The number of amides is 2. The molecule has 2 amide bonds. The van der Waals surface area contributed by atoms with Gasteiger partial charge >= 0.3 is 12.0 Å². The van der Waals surface area contributed by atoms with E-state index in [2.05, 4.69) is 5.32 Å². The molecule has 0 bridgehead atoms. The van der Waals surface area contributed by atoms with Gasteiger partial charge in [-0.05, 0) is 27.2 Å². The first-order valence-electron chi connectivity index (χ1n) is 6.11. The molecule has 0 saturated heterocycles. The molecule has 106 valence electrons. The standard InChI is InChI=1S/C12H24N2O4/c1-5-18-9-8-14(4)11(17)13-12(2,3)7-6-10(15)16/h5-9H2,1-4H3,(H,13,17)(H,15,16). The van der Waals surface area contributed by atoms with Crippen LogP contribution in [-0.2, 0) is 9.53 Å². The van der Waals surface area contributed by atoms with E-state index in [0.717, 1.165) is 0 Å². The minimum atomic E-state index is -0.859. The fourth-order valence-electron chi connectivity index (χ4n) is 1.31. The van der Waals surface area contributed by atoms with Gasteiger partial charge in [0.1, 0.15) is 0 Å². The molecule has 0 aromatic rings. The van der Waals surface area contributed by atoms with Crippen LogP contribution in [-0.4, -0.2) is 54.4 Å². The molecule has 6 nitrogen and oxygen atoms in total. The minimum absolute atomic E-state index is 0.0376. The smallest absolute Gasteiger partial charge is 0.317 e. The second-order valence-electron chi connectivity index (χ2n) is 4.83. The van der Waals surface area contributed by atoms with Gasteiger partial charge in [-0.15, -0.1) is 0 Å². The van der Waals surface area contributed by atoms with E-state index < -0.39 is 11.5 Å². The maximum Gasteiger partial charge on any atom is 0.317 e. The Morgan fingerprint density at radius 2 is 2.00 bits per heavy atom. The van der Waals surface area contributed by atoms with Crippen LogP contribution in [0.4, 0.5) is 4.79 Å². The maximum atomic E-state index is 11.8. The molecule has 0 rings (SSSR count). The summed E-state index contributed by atoms with van der Waals surface area (Å²) in [6, 6.07) is -0.218. The summed E-state index contributed by atoms with van der Waals surface area (Å²) in [4.78, 5) is 23.8. The van der Waals surface area contributed by atoms with Crippen molar-refractivity contribution in [3.8, 4) is 0 Å². The maximum absolute atomic E-state index is 11.8. The largest absolute Gasteiger partial charge is 0.481 e. The summed E-state index contributed by atoms with van der Waals surface area (Å²) in [7, 11) is 1.68. The number of ether oxygens (including phenoxy) is 1. The number of urea groups is 1. The lowest BCUT2D eigenvalue weighted by molar-refractivity contribution is -0.137. The lowest BCUT2D eigenvalue weighted by atomic mass is 9.99. The number of carbonyl (C=O) groups is 2. The van der Waals surface area contributed by atoms with Crippen molar-refractivity contribution in [2.24, 2.45) is 0 Å². The van der Waals surface area contributed by atoms with Crippen LogP contribution in [0.3, 0.4) is 0 Å². The van der Waals surface area contributed by atoms with Crippen molar-refractivity contribution >= 4 is 12.0 Å². The second kappa shape index (κ2) is 7.92. The number of carbonyl (C=O) groups excluding carboxylic acids is 1. The van der Waals surface area contributed by atoms with Crippen LogP contribution in [0.5, 0.6) is 0 Å². The average Bonchev–Trinajstić information content (AvgIpc) is 2.26. The predicted molar refractivity (Wildman–Crippen MR) is 68.6 cm³/mol. The molecule has 0 aliphatic heterocycles. The van der Waals surface area contributed by atoms with Crippen LogP contribution in [0.25, 0.3) is 0 Å². The summed E-state index contributed by atoms with van der Waals surface area (Å²) in [5, 5.41) is 11.4. The molecule has 0 heterocycles. The van der Waals surface area contributed by atoms with Gasteiger partial charge in [-0.3, -0.25) is 4.79 Å². The van der Waals surface area contributed by atoms with E-state index in [4.69, 9.17) is 9.84 Å². The van der Waals surface area contributed by atoms with E-state index >= 15 is 0 Å². The number of hydrogen-bond acceptors (Lipinski definition) is 3. The second-order valence-corrected chi connectivity index (χ2v) is 4.83. The highest BCUT2D eigenvalue weighted by Gasteiger charge is 2.23. The Morgan fingerprint density at radius 3 is 2.50 bits per heavy atom. The molecule has 2 N–H and O–H groups in total. The average molecular weight is 260 g/mol. The van der Waals surface area contributed by atoms with Crippen LogP contribution in [0.15, 0.2) is 0 Å². The summed E-state index contributed by atoms with van der Waals surface area (Å²) >= 11 is 0. The van der Waals surface area contributed by atoms with Crippen LogP contribution in [0, 0.1) is 0 Å². The van der Waals surface area contributed by atoms with Gasteiger partial charge < -0.3 is 20.1 Å². The first-order chi connectivity index (χ1) is 8.28. The third-order valence-electron chi connectivity index (χ3n) is 2.53. The molecule has 0 radical (unpaired) electrons. The number of nitrogens with zero attached hydrogens (tertiary/aromatic N) is 1. The summed E-state index contributed by atoms with van der Waals surface area (Å²) in [5.41, 5.74) is -0.532. The Morgan fingerprint density at radius 1 is 1.39 bits per heavy atom. The van der Waals surface area contributed by atoms with Crippen molar-refractivity contribution in [3.63, 3.8) is 0 Å². The Bertz CT molecular complexity index is 279. The number of hydrogen-bond donors (Lipinski definition) is 2. The van der Waals surface area contributed by atoms with Gasteiger partial charge in [-0.1, -0.05) is 0 Å². The van der Waals surface area contributed by atoms with Crippen LogP contribution in [0.2, 0.25) is 0 Å². The molecule has 6 heteroatoms. The SMILES string of the molecule is CCOCCN(C)C(=O)NC(C)(C)CCC(=O)O. The molecule has 0 aromatic heterocycles. The number of rotatable bonds is 8. The molecule has 0 saturated carbocycles. The minimum Gasteiger partial charge on any atom is -0.481 e. The molecule has 0 atom stereocenters. The van der Waals surface area contributed by atoms with Gasteiger partial charge in [0.05, 0.1) is 6.61 Å². The van der Waals surface area contributed by atoms with Crippen molar-refractivity contribution in [3.05, 3.63) is 0 Å². The first kappa shape index (κ1) is 16.7. The van der Waals surface area contributed by atoms with Crippen LogP contribution in [0.1, 0.15) is 33.6 Å². The Hall–Kier alpha value is -1.30. The summed E-state index contributed by atoms with van der Waals surface area (Å²) < 4.78 is 5.16. The van der Waals surface area contributed by atoms with Crippen molar-refractivity contribution in [2.45, 2.75) is 39.2 Å². The molecule has 0 aromatic carbocycles. The fourth-order valence-corrected chi connectivity index (χ4v) is 1.31. The number of nitrogens with one attached hydrogen (secondary N) is 1. The quantitative estimate of drug-likeness (QED) is 0.645.